The van der Waals surface area contributed by atoms with Gasteiger partial charge in [-0.2, -0.15) is 0 Å². The van der Waals surface area contributed by atoms with Gasteiger partial charge in [0, 0.05) is 25.7 Å². The number of likely N-dealkylation sites (tertiary alicyclic amines) is 1. The SMILES string of the molecule is CN(CCO)C(=O)C1=C[C@@H]2C[C@H]1N(C(=O)CN1C(=O)Nc3ccc(F)cc3S1(=O)=O)C2. The summed E-state index contributed by atoms with van der Waals surface area (Å²) in [6, 6.07) is 1.42. The molecular formula is C19H21FN4O6S. The molecule has 31 heavy (non-hydrogen) atoms. The largest absolute Gasteiger partial charge is 0.395 e. The lowest BCUT2D eigenvalue weighted by Crippen LogP contribution is -2.51. The molecule has 2 aliphatic heterocycles. The molecule has 2 N–H and O–H groups in total. The van der Waals surface area contributed by atoms with E-state index in [1.807, 2.05) is 0 Å². The fraction of sp³-hybridized carbons (Fsp3) is 0.421. The Morgan fingerprint density at radius 2 is 2.10 bits per heavy atom. The number of sulfonamides is 1. The number of hydrogen-bond acceptors (Lipinski definition) is 6. The number of halogens is 1. The van der Waals surface area contributed by atoms with Crippen molar-refractivity contribution in [1.29, 1.82) is 0 Å². The van der Waals surface area contributed by atoms with Crippen LogP contribution >= 0.6 is 0 Å². The van der Waals surface area contributed by atoms with E-state index in [2.05, 4.69) is 5.32 Å². The van der Waals surface area contributed by atoms with E-state index in [0.717, 1.165) is 18.2 Å². The van der Waals surface area contributed by atoms with E-state index < -0.39 is 45.3 Å². The standard InChI is InChI=1S/C19H21FN4O6S/c1-22(4-5-25)18(27)13-6-11-7-15(13)23(9-11)17(26)10-24-19(28)21-14-3-2-12(20)8-16(14)31(24,29)30/h2-3,6,8,11,15,25H,4-5,7,9-10H2,1H3,(H,21,28)/t11-,15-/m1/s1. The van der Waals surface area contributed by atoms with Crippen LogP contribution in [0.4, 0.5) is 14.9 Å². The van der Waals surface area contributed by atoms with Gasteiger partial charge in [0.05, 0.1) is 18.3 Å². The van der Waals surface area contributed by atoms with Gasteiger partial charge in [0.2, 0.25) is 5.91 Å². The number of amides is 4. The summed E-state index contributed by atoms with van der Waals surface area (Å²) in [6.07, 6.45) is 2.33. The summed E-state index contributed by atoms with van der Waals surface area (Å²) in [6.45, 7) is -0.508. The molecule has 1 aliphatic carbocycles. The molecule has 166 valence electrons. The lowest BCUT2D eigenvalue weighted by Gasteiger charge is -2.33. The van der Waals surface area contributed by atoms with Gasteiger partial charge >= 0.3 is 6.03 Å². The van der Waals surface area contributed by atoms with Gasteiger partial charge in [0.1, 0.15) is 17.3 Å². The van der Waals surface area contributed by atoms with Gasteiger partial charge in [-0.3, -0.25) is 9.59 Å². The van der Waals surface area contributed by atoms with Crippen LogP contribution in [0.1, 0.15) is 6.42 Å². The minimum Gasteiger partial charge on any atom is -0.395 e. The fourth-order valence-corrected chi connectivity index (χ4v) is 5.64. The second kappa shape index (κ2) is 7.61. The van der Waals surface area contributed by atoms with Gasteiger partial charge < -0.3 is 20.2 Å². The molecule has 0 saturated carbocycles. The number of hydrogen-bond donors (Lipinski definition) is 2. The minimum absolute atomic E-state index is 0.0444. The van der Waals surface area contributed by atoms with Crippen molar-refractivity contribution in [3.05, 3.63) is 35.7 Å². The maximum atomic E-state index is 13.6. The smallest absolute Gasteiger partial charge is 0.336 e. The molecule has 10 nitrogen and oxygen atoms in total. The number of nitrogens with zero attached hydrogens (tertiary/aromatic N) is 3. The topological polar surface area (TPSA) is 127 Å². The third-order valence-corrected chi connectivity index (χ3v) is 7.48. The highest BCUT2D eigenvalue weighted by molar-refractivity contribution is 7.90. The quantitative estimate of drug-likeness (QED) is 0.646. The normalized spacial score (nSPS) is 23.3. The number of carbonyl (C=O) groups excluding carboxylic acids is 3. The highest BCUT2D eigenvalue weighted by Crippen LogP contribution is 2.38. The lowest BCUT2D eigenvalue weighted by molar-refractivity contribution is -0.132. The minimum atomic E-state index is -4.43. The molecule has 0 unspecified atom stereocenters. The number of rotatable bonds is 5. The molecule has 4 rings (SSSR count). The molecule has 12 heteroatoms. The highest BCUT2D eigenvalue weighted by atomic mass is 32.2. The Kier molecular flexibility index (Phi) is 5.21. The van der Waals surface area contributed by atoms with E-state index in [1.165, 1.54) is 9.80 Å². The predicted octanol–water partition coefficient (Wildman–Crippen LogP) is -0.0303. The molecular weight excluding hydrogens is 431 g/mol. The van der Waals surface area contributed by atoms with E-state index in [9.17, 15) is 27.2 Å². The molecule has 4 amide bonds. The number of aliphatic hydroxyl groups is 1. The fourth-order valence-electron chi connectivity index (χ4n) is 4.20. The molecule has 3 aliphatic rings. The summed E-state index contributed by atoms with van der Waals surface area (Å²) >= 11 is 0. The van der Waals surface area contributed by atoms with E-state index >= 15 is 0 Å². The highest BCUT2D eigenvalue weighted by Gasteiger charge is 2.46. The summed E-state index contributed by atoms with van der Waals surface area (Å²) in [7, 11) is -2.89. The van der Waals surface area contributed by atoms with Crippen LogP contribution in [0.25, 0.3) is 0 Å². The third-order valence-electron chi connectivity index (χ3n) is 5.72. The monoisotopic (exact) mass is 452 g/mol. The first-order chi connectivity index (χ1) is 14.6. The van der Waals surface area contributed by atoms with Crippen molar-refractivity contribution in [2.45, 2.75) is 17.4 Å². The molecule has 1 aromatic rings. The van der Waals surface area contributed by atoms with Gasteiger partial charge in [0.15, 0.2) is 0 Å². The number of likely N-dealkylation sites (N-methyl/N-ethyl adjacent to an activating group) is 1. The zero-order chi connectivity index (χ0) is 22.5. The molecule has 2 bridgehead atoms. The summed E-state index contributed by atoms with van der Waals surface area (Å²) in [5.41, 5.74) is 0.358. The zero-order valence-corrected chi connectivity index (χ0v) is 17.4. The summed E-state index contributed by atoms with van der Waals surface area (Å²) in [5.74, 6) is -1.78. The first-order valence-electron chi connectivity index (χ1n) is 9.64. The van der Waals surface area contributed by atoms with Crippen LogP contribution in [0.2, 0.25) is 0 Å². The number of aliphatic hydroxyl groups excluding tert-OH is 1. The summed E-state index contributed by atoms with van der Waals surface area (Å²) in [4.78, 5) is 40.3. The summed E-state index contributed by atoms with van der Waals surface area (Å²) in [5, 5.41) is 11.4. The van der Waals surface area contributed by atoms with Crippen molar-refractivity contribution in [2.75, 3.05) is 38.6 Å². The number of nitrogens with one attached hydrogen (secondary N) is 1. The van der Waals surface area contributed by atoms with Crippen molar-refractivity contribution < 1.29 is 32.3 Å². The second-order valence-electron chi connectivity index (χ2n) is 7.71. The van der Waals surface area contributed by atoms with Crippen molar-refractivity contribution in [2.24, 2.45) is 5.92 Å². The number of fused-ring (bicyclic) bond motifs is 3. The van der Waals surface area contributed by atoms with Gasteiger partial charge in [-0.15, -0.1) is 0 Å². The zero-order valence-electron chi connectivity index (χ0n) is 16.6. The molecule has 1 fully saturated rings. The Hall–Kier alpha value is -2.99. The van der Waals surface area contributed by atoms with Crippen LogP contribution in [-0.2, 0) is 19.6 Å². The summed E-state index contributed by atoms with van der Waals surface area (Å²) < 4.78 is 39.6. The Balaban J connectivity index is 1.53. The van der Waals surface area contributed by atoms with E-state index in [4.69, 9.17) is 5.11 Å². The van der Waals surface area contributed by atoms with Crippen LogP contribution in [0, 0.1) is 11.7 Å². The number of benzene rings is 1. The molecule has 1 aromatic carbocycles. The number of urea groups is 1. The van der Waals surface area contributed by atoms with Gasteiger partial charge in [0.25, 0.3) is 15.9 Å². The molecule has 2 heterocycles. The molecule has 2 atom stereocenters. The Morgan fingerprint density at radius 3 is 2.77 bits per heavy atom. The second-order valence-corrected chi connectivity index (χ2v) is 9.54. The predicted molar refractivity (Wildman–Crippen MR) is 106 cm³/mol. The van der Waals surface area contributed by atoms with E-state index in [-0.39, 0.29) is 30.7 Å². The Bertz CT molecular complexity index is 1100. The van der Waals surface area contributed by atoms with Crippen LogP contribution in [-0.4, -0.2) is 84.8 Å². The van der Waals surface area contributed by atoms with Gasteiger partial charge in [-0.25, -0.2) is 21.9 Å². The maximum absolute atomic E-state index is 13.6. The lowest BCUT2D eigenvalue weighted by atomic mass is 10.1. The van der Waals surface area contributed by atoms with Crippen molar-refractivity contribution in [3.8, 4) is 0 Å². The first kappa shape index (κ1) is 21.2. The van der Waals surface area contributed by atoms with Gasteiger partial charge in [-0.05, 0) is 30.5 Å². The number of anilines is 1. The molecule has 0 spiro atoms. The van der Waals surface area contributed by atoms with Crippen molar-refractivity contribution >= 4 is 33.6 Å². The number of carbonyl (C=O) groups is 3. The van der Waals surface area contributed by atoms with E-state index in [0.29, 0.717) is 22.8 Å². The van der Waals surface area contributed by atoms with E-state index in [1.54, 1.807) is 13.1 Å². The van der Waals surface area contributed by atoms with Crippen LogP contribution in [0.15, 0.2) is 34.7 Å². The van der Waals surface area contributed by atoms with Crippen LogP contribution < -0.4 is 5.32 Å². The van der Waals surface area contributed by atoms with Crippen LogP contribution in [0.3, 0.4) is 0 Å². The Morgan fingerprint density at radius 1 is 1.35 bits per heavy atom. The Labute approximate surface area is 178 Å². The van der Waals surface area contributed by atoms with Gasteiger partial charge in [-0.1, -0.05) is 6.08 Å². The van der Waals surface area contributed by atoms with Crippen molar-refractivity contribution in [1.82, 2.24) is 14.1 Å². The molecule has 0 radical (unpaired) electrons. The maximum Gasteiger partial charge on any atom is 0.336 e. The van der Waals surface area contributed by atoms with Crippen molar-refractivity contribution in [3.63, 3.8) is 0 Å². The molecule has 0 aromatic heterocycles. The van der Waals surface area contributed by atoms with Crippen LogP contribution in [0.5, 0.6) is 0 Å². The first-order valence-corrected chi connectivity index (χ1v) is 11.1. The molecule has 1 saturated heterocycles. The average Bonchev–Trinajstić information content (AvgIpc) is 3.32. The average molecular weight is 452 g/mol. The third kappa shape index (κ3) is 3.55.